The Bertz CT molecular complexity index is 688. The average molecular weight is 373 g/mol. The van der Waals surface area contributed by atoms with Crippen LogP contribution in [0.15, 0.2) is 27.6 Å². The normalized spacial score (nSPS) is 10.9. The van der Waals surface area contributed by atoms with Gasteiger partial charge in [-0.15, -0.1) is 11.8 Å². The van der Waals surface area contributed by atoms with E-state index in [9.17, 15) is 9.18 Å². The highest BCUT2D eigenvalue weighted by molar-refractivity contribution is 9.10. The summed E-state index contributed by atoms with van der Waals surface area (Å²) in [5.41, 5.74) is 1.64. The van der Waals surface area contributed by atoms with E-state index in [0.717, 1.165) is 22.4 Å². The molecule has 0 aliphatic heterocycles. The fourth-order valence-electron chi connectivity index (χ4n) is 1.92. The molecule has 0 fully saturated rings. The van der Waals surface area contributed by atoms with Gasteiger partial charge in [0.05, 0.1) is 21.4 Å². The minimum absolute atomic E-state index is 0.306. The third kappa shape index (κ3) is 3.47. The lowest BCUT2D eigenvalue weighted by molar-refractivity contribution is 0.0691. The predicted molar refractivity (Wildman–Crippen MR) is 83.3 cm³/mol. The van der Waals surface area contributed by atoms with Gasteiger partial charge >= 0.3 is 5.97 Å². The van der Waals surface area contributed by atoms with Crippen molar-refractivity contribution in [2.24, 2.45) is 0 Å². The fraction of sp³-hybridized carbons (Fsp3) is 0.286. The Kier molecular flexibility index (Phi) is 5.05. The van der Waals surface area contributed by atoms with Crippen LogP contribution in [0.2, 0.25) is 0 Å². The van der Waals surface area contributed by atoms with E-state index >= 15 is 0 Å². The molecule has 21 heavy (non-hydrogen) atoms. The summed E-state index contributed by atoms with van der Waals surface area (Å²) in [5, 5.41) is 13.3. The van der Waals surface area contributed by atoms with Crippen molar-refractivity contribution in [2.45, 2.75) is 31.0 Å². The maximum absolute atomic E-state index is 13.4. The van der Waals surface area contributed by atoms with Crippen molar-refractivity contribution in [3.05, 3.63) is 45.4 Å². The average Bonchev–Trinajstić information content (AvgIpc) is 2.73. The van der Waals surface area contributed by atoms with Gasteiger partial charge in [-0.1, -0.05) is 0 Å². The molecule has 2 aromatic rings. The maximum atomic E-state index is 13.4. The Morgan fingerprint density at radius 3 is 2.86 bits per heavy atom. The first-order valence-corrected chi connectivity index (χ1v) is 8.09. The Hall–Kier alpha value is -1.34. The van der Waals surface area contributed by atoms with Crippen molar-refractivity contribution in [3.8, 4) is 0 Å². The van der Waals surface area contributed by atoms with Gasteiger partial charge in [-0.25, -0.2) is 9.18 Å². The number of rotatable bonds is 5. The number of hydrogen-bond acceptors (Lipinski definition) is 3. The summed E-state index contributed by atoms with van der Waals surface area (Å²) in [4.78, 5) is 11.6. The smallest absolute Gasteiger partial charge is 0.338 e. The number of aryl methyl sites for hydroxylation is 2. The molecule has 0 atom stereocenters. The molecule has 0 spiro atoms. The lowest BCUT2D eigenvalue weighted by Crippen LogP contribution is -2.02. The van der Waals surface area contributed by atoms with Gasteiger partial charge in [0.2, 0.25) is 0 Å². The molecular formula is C14H14BrFN2O2S. The summed E-state index contributed by atoms with van der Waals surface area (Å²) in [6.45, 7) is 4.68. The highest BCUT2D eigenvalue weighted by Crippen LogP contribution is 2.29. The number of hydrogen-bond donors (Lipinski definition) is 1. The van der Waals surface area contributed by atoms with Crippen LogP contribution in [-0.4, -0.2) is 20.9 Å². The molecule has 4 nitrogen and oxygen atoms in total. The van der Waals surface area contributed by atoms with Crippen LogP contribution in [0.4, 0.5) is 4.39 Å². The van der Waals surface area contributed by atoms with Crippen LogP contribution in [0.1, 0.15) is 28.7 Å². The largest absolute Gasteiger partial charge is 0.478 e. The van der Waals surface area contributed by atoms with E-state index in [-0.39, 0.29) is 5.56 Å². The number of benzene rings is 1. The number of halogens is 2. The molecule has 1 N–H and O–H groups in total. The summed E-state index contributed by atoms with van der Waals surface area (Å²) in [7, 11) is 0. The molecule has 0 amide bonds. The quantitative estimate of drug-likeness (QED) is 0.802. The Labute approximate surface area is 134 Å². The number of aromatic nitrogens is 2. The van der Waals surface area contributed by atoms with Crippen molar-refractivity contribution in [2.75, 3.05) is 0 Å². The van der Waals surface area contributed by atoms with E-state index in [0.29, 0.717) is 10.6 Å². The fourth-order valence-corrected chi connectivity index (χ4v) is 3.49. The lowest BCUT2D eigenvalue weighted by atomic mass is 10.2. The van der Waals surface area contributed by atoms with Gasteiger partial charge in [0.25, 0.3) is 0 Å². The van der Waals surface area contributed by atoms with E-state index in [2.05, 4.69) is 21.0 Å². The first-order valence-electron chi connectivity index (χ1n) is 6.31. The summed E-state index contributed by atoms with van der Waals surface area (Å²) in [6, 6.07) is 4.12. The van der Waals surface area contributed by atoms with Gasteiger partial charge < -0.3 is 5.11 Å². The van der Waals surface area contributed by atoms with Crippen molar-refractivity contribution in [1.82, 2.24) is 9.78 Å². The molecule has 1 aromatic heterocycles. The minimum atomic E-state index is -1.26. The number of carboxylic acid groups (broad SMARTS) is 1. The van der Waals surface area contributed by atoms with Crippen molar-refractivity contribution < 1.29 is 14.3 Å². The Balaban J connectivity index is 2.21. The topological polar surface area (TPSA) is 55.1 Å². The molecule has 1 heterocycles. The van der Waals surface area contributed by atoms with Gasteiger partial charge in [0.1, 0.15) is 5.82 Å². The molecule has 0 unspecified atom stereocenters. The number of carbonyl (C=O) groups is 1. The standard InChI is InChI=1S/C14H14BrFN2O2S/c1-3-18-12(13(15)8(2)17-18)7-21-9-4-5-11(16)10(6-9)14(19)20/h4-6H,3,7H2,1-2H3,(H,19,20). The number of carboxylic acids is 1. The maximum Gasteiger partial charge on any atom is 0.338 e. The first kappa shape index (κ1) is 16.0. The Morgan fingerprint density at radius 2 is 2.24 bits per heavy atom. The monoisotopic (exact) mass is 372 g/mol. The zero-order valence-corrected chi connectivity index (χ0v) is 14.0. The molecule has 0 aliphatic carbocycles. The van der Waals surface area contributed by atoms with Crippen LogP contribution in [0, 0.1) is 12.7 Å². The van der Waals surface area contributed by atoms with Crippen LogP contribution < -0.4 is 0 Å². The molecular weight excluding hydrogens is 359 g/mol. The van der Waals surface area contributed by atoms with Gasteiger partial charge in [-0.2, -0.15) is 5.10 Å². The van der Waals surface area contributed by atoms with Gasteiger partial charge in [-0.3, -0.25) is 4.68 Å². The highest BCUT2D eigenvalue weighted by atomic mass is 79.9. The minimum Gasteiger partial charge on any atom is -0.478 e. The third-order valence-electron chi connectivity index (χ3n) is 3.00. The van der Waals surface area contributed by atoms with Gasteiger partial charge in [-0.05, 0) is 48.0 Å². The molecule has 112 valence electrons. The highest BCUT2D eigenvalue weighted by Gasteiger charge is 2.14. The van der Waals surface area contributed by atoms with Crippen LogP contribution in [-0.2, 0) is 12.3 Å². The second-order valence-electron chi connectivity index (χ2n) is 4.40. The second-order valence-corrected chi connectivity index (χ2v) is 6.24. The molecule has 0 bridgehead atoms. The summed E-state index contributed by atoms with van der Waals surface area (Å²) in [6.07, 6.45) is 0. The second kappa shape index (κ2) is 6.62. The van der Waals surface area contributed by atoms with Gasteiger partial charge in [0.15, 0.2) is 0 Å². The van der Waals surface area contributed by atoms with E-state index in [4.69, 9.17) is 5.11 Å². The molecule has 0 saturated carbocycles. The molecule has 0 aliphatic rings. The van der Waals surface area contributed by atoms with E-state index < -0.39 is 11.8 Å². The molecule has 1 aromatic carbocycles. The van der Waals surface area contributed by atoms with Gasteiger partial charge in [0, 0.05) is 17.2 Å². The van der Waals surface area contributed by atoms with Crippen LogP contribution in [0.3, 0.4) is 0 Å². The van der Waals surface area contributed by atoms with Crippen LogP contribution in [0.5, 0.6) is 0 Å². The summed E-state index contributed by atoms with van der Waals surface area (Å²) < 4.78 is 16.2. The summed E-state index contributed by atoms with van der Waals surface area (Å²) >= 11 is 4.96. The lowest BCUT2D eigenvalue weighted by Gasteiger charge is -2.06. The summed E-state index contributed by atoms with van der Waals surface area (Å²) in [5.74, 6) is -1.35. The molecule has 0 radical (unpaired) electrons. The first-order chi connectivity index (χ1) is 9.93. The SMILES string of the molecule is CCn1nc(C)c(Br)c1CSc1ccc(F)c(C(=O)O)c1. The van der Waals surface area contributed by atoms with E-state index in [1.807, 2.05) is 18.5 Å². The van der Waals surface area contributed by atoms with Crippen molar-refractivity contribution >= 4 is 33.7 Å². The van der Waals surface area contributed by atoms with Crippen LogP contribution in [0.25, 0.3) is 0 Å². The molecule has 0 saturated heterocycles. The zero-order valence-electron chi connectivity index (χ0n) is 11.6. The zero-order chi connectivity index (χ0) is 15.6. The van der Waals surface area contributed by atoms with E-state index in [1.165, 1.54) is 23.9 Å². The molecule has 2 rings (SSSR count). The van der Waals surface area contributed by atoms with Crippen molar-refractivity contribution in [1.29, 1.82) is 0 Å². The Morgan fingerprint density at radius 1 is 1.52 bits per heavy atom. The third-order valence-corrected chi connectivity index (χ3v) is 5.03. The van der Waals surface area contributed by atoms with E-state index in [1.54, 1.807) is 6.07 Å². The predicted octanol–water partition coefficient (Wildman–Crippen LogP) is 4.10. The number of nitrogens with zero attached hydrogens (tertiary/aromatic N) is 2. The number of thioether (sulfide) groups is 1. The molecule has 7 heteroatoms. The number of aromatic carboxylic acids is 1. The van der Waals surface area contributed by atoms with Crippen LogP contribution >= 0.6 is 27.7 Å². The van der Waals surface area contributed by atoms with Crippen molar-refractivity contribution in [3.63, 3.8) is 0 Å².